The molecule has 0 atom stereocenters. The van der Waals surface area contributed by atoms with Crippen LogP contribution in [0, 0.1) is 0 Å². The Morgan fingerprint density at radius 2 is 2.10 bits per heavy atom. The van der Waals surface area contributed by atoms with Crippen molar-refractivity contribution in [3.8, 4) is 0 Å². The number of sulfonamides is 1. The lowest BCUT2D eigenvalue weighted by Crippen LogP contribution is -2.34. The minimum absolute atomic E-state index is 0.0800. The Morgan fingerprint density at radius 3 is 2.76 bits per heavy atom. The fourth-order valence-electron chi connectivity index (χ4n) is 2.31. The Balaban J connectivity index is 2.29. The molecule has 1 heterocycles. The van der Waals surface area contributed by atoms with Gasteiger partial charge in [-0.15, -0.1) is 0 Å². The van der Waals surface area contributed by atoms with Crippen LogP contribution in [-0.4, -0.2) is 43.4 Å². The molecule has 0 spiro atoms. The molecule has 0 aromatic heterocycles. The van der Waals surface area contributed by atoms with Crippen molar-refractivity contribution in [3.05, 3.63) is 23.8 Å². The van der Waals surface area contributed by atoms with Crippen molar-refractivity contribution in [1.82, 2.24) is 4.31 Å². The predicted octanol–water partition coefficient (Wildman–Crippen LogP) is 0.964. The molecule has 7 heteroatoms. The number of hydrogen-bond donors (Lipinski definition) is 2. The Labute approximate surface area is 124 Å². The van der Waals surface area contributed by atoms with E-state index in [1.165, 1.54) is 10.4 Å². The number of rotatable bonds is 7. The molecule has 1 aromatic rings. The zero-order valence-electron chi connectivity index (χ0n) is 12.0. The average molecular weight is 312 g/mol. The number of nitrogens with zero attached hydrogens (tertiary/aromatic N) is 1. The lowest BCUT2D eigenvalue weighted by atomic mass is 10.2. The number of amides is 1. The maximum atomic E-state index is 12.6. The number of fused-ring (bicyclic) bond motifs is 1. The lowest BCUT2D eigenvalue weighted by Gasteiger charge is -2.21. The molecule has 0 unspecified atom stereocenters. The molecule has 0 saturated carbocycles. The third-order valence-electron chi connectivity index (χ3n) is 3.45. The smallest absolute Gasteiger partial charge is 0.243 e. The standard InChI is InChI=1S/C14H20N2O4S/c1-2-3-6-16(7-8-17)21(19,20)12-4-5-13-11(9-12)10-14(18)15-13/h4-5,9,17H,2-3,6-8,10H2,1H3,(H,15,18). The van der Waals surface area contributed by atoms with Crippen molar-refractivity contribution in [2.45, 2.75) is 31.1 Å². The van der Waals surface area contributed by atoms with Gasteiger partial charge in [0.2, 0.25) is 15.9 Å². The topological polar surface area (TPSA) is 86.7 Å². The molecule has 2 N–H and O–H groups in total. The molecular weight excluding hydrogens is 292 g/mol. The van der Waals surface area contributed by atoms with Crippen LogP contribution in [0.2, 0.25) is 0 Å². The maximum Gasteiger partial charge on any atom is 0.243 e. The second kappa shape index (κ2) is 6.55. The van der Waals surface area contributed by atoms with Crippen LogP contribution in [0.5, 0.6) is 0 Å². The third kappa shape index (κ3) is 3.42. The molecule has 21 heavy (non-hydrogen) atoms. The molecule has 0 bridgehead atoms. The highest BCUT2D eigenvalue weighted by Gasteiger charge is 2.26. The van der Waals surface area contributed by atoms with E-state index in [0.29, 0.717) is 17.8 Å². The van der Waals surface area contributed by atoms with Crippen LogP contribution in [0.25, 0.3) is 0 Å². The molecule has 1 aromatic carbocycles. The molecule has 1 amide bonds. The van der Waals surface area contributed by atoms with Crippen LogP contribution in [0.4, 0.5) is 5.69 Å². The number of unbranched alkanes of at least 4 members (excludes halogenated alkanes) is 1. The Hall–Kier alpha value is -1.44. The van der Waals surface area contributed by atoms with Crippen LogP contribution >= 0.6 is 0 Å². The summed E-state index contributed by atoms with van der Waals surface area (Å²) in [7, 11) is -3.64. The van der Waals surface area contributed by atoms with Gasteiger partial charge in [0.1, 0.15) is 0 Å². The Morgan fingerprint density at radius 1 is 1.33 bits per heavy atom. The summed E-state index contributed by atoms with van der Waals surface area (Å²) in [5.74, 6) is -0.127. The van der Waals surface area contributed by atoms with Crippen molar-refractivity contribution in [2.75, 3.05) is 25.0 Å². The SMILES string of the molecule is CCCCN(CCO)S(=O)(=O)c1ccc2c(c1)CC(=O)N2. The summed E-state index contributed by atoms with van der Waals surface area (Å²) >= 11 is 0. The predicted molar refractivity (Wildman–Crippen MR) is 79.5 cm³/mol. The van der Waals surface area contributed by atoms with Crippen molar-refractivity contribution < 1.29 is 18.3 Å². The monoisotopic (exact) mass is 312 g/mol. The van der Waals surface area contributed by atoms with Gasteiger partial charge in [-0.1, -0.05) is 13.3 Å². The number of aliphatic hydroxyl groups excluding tert-OH is 1. The summed E-state index contributed by atoms with van der Waals surface area (Å²) in [5.41, 5.74) is 1.36. The van der Waals surface area contributed by atoms with E-state index >= 15 is 0 Å². The van der Waals surface area contributed by atoms with E-state index in [2.05, 4.69) is 5.32 Å². The van der Waals surface area contributed by atoms with Crippen LogP contribution in [0.1, 0.15) is 25.3 Å². The number of carbonyl (C=O) groups excluding carboxylic acids is 1. The molecule has 1 aliphatic heterocycles. The van der Waals surface area contributed by atoms with Crippen LogP contribution in [-0.2, 0) is 21.2 Å². The number of carbonyl (C=O) groups is 1. The first-order valence-electron chi connectivity index (χ1n) is 7.03. The number of benzene rings is 1. The number of anilines is 1. The quantitative estimate of drug-likeness (QED) is 0.785. The number of nitrogens with one attached hydrogen (secondary N) is 1. The minimum atomic E-state index is -3.64. The Kier molecular flexibility index (Phi) is 4.97. The second-order valence-electron chi connectivity index (χ2n) is 5.03. The molecule has 1 aliphatic rings. The molecule has 116 valence electrons. The maximum absolute atomic E-state index is 12.6. The van der Waals surface area contributed by atoms with E-state index in [1.807, 2.05) is 6.92 Å². The molecule has 0 aliphatic carbocycles. The van der Waals surface area contributed by atoms with Gasteiger partial charge < -0.3 is 10.4 Å². The first-order chi connectivity index (χ1) is 9.98. The summed E-state index contributed by atoms with van der Waals surface area (Å²) in [6.45, 7) is 2.23. The van der Waals surface area contributed by atoms with E-state index in [9.17, 15) is 13.2 Å². The van der Waals surface area contributed by atoms with Gasteiger partial charge in [0.05, 0.1) is 17.9 Å². The van der Waals surface area contributed by atoms with Gasteiger partial charge in [0.25, 0.3) is 0 Å². The van der Waals surface area contributed by atoms with E-state index < -0.39 is 10.0 Å². The largest absolute Gasteiger partial charge is 0.395 e. The van der Waals surface area contributed by atoms with Gasteiger partial charge in [-0.25, -0.2) is 8.42 Å². The fourth-order valence-corrected chi connectivity index (χ4v) is 3.83. The van der Waals surface area contributed by atoms with E-state index in [4.69, 9.17) is 5.11 Å². The molecule has 2 rings (SSSR count). The van der Waals surface area contributed by atoms with Crippen LogP contribution in [0.3, 0.4) is 0 Å². The third-order valence-corrected chi connectivity index (χ3v) is 5.34. The van der Waals surface area contributed by atoms with Crippen molar-refractivity contribution in [1.29, 1.82) is 0 Å². The average Bonchev–Trinajstić information content (AvgIpc) is 2.82. The highest BCUT2D eigenvalue weighted by molar-refractivity contribution is 7.89. The highest BCUT2D eigenvalue weighted by Crippen LogP contribution is 2.27. The molecule has 6 nitrogen and oxygen atoms in total. The van der Waals surface area contributed by atoms with Gasteiger partial charge in [-0.3, -0.25) is 4.79 Å². The van der Waals surface area contributed by atoms with Crippen molar-refractivity contribution in [3.63, 3.8) is 0 Å². The summed E-state index contributed by atoms with van der Waals surface area (Å²) < 4.78 is 26.5. The van der Waals surface area contributed by atoms with Crippen LogP contribution < -0.4 is 5.32 Å². The van der Waals surface area contributed by atoms with Crippen molar-refractivity contribution in [2.24, 2.45) is 0 Å². The fraction of sp³-hybridized carbons (Fsp3) is 0.500. The first-order valence-corrected chi connectivity index (χ1v) is 8.47. The second-order valence-corrected chi connectivity index (χ2v) is 6.96. The molecule has 0 radical (unpaired) electrons. The summed E-state index contributed by atoms with van der Waals surface area (Å²) in [4.78, 5) is 11.5. The highest BCUT2D eigenvalue weighted by atomic mass is 32.2. The van der Waals surface area contributed by atoms with Crippen LogP contribution in [0.15, 0.2) is 23.1 Å². The molecule has 0 fully saturated rings. The normalized spacial score (nSPS) is 14.3. The van der Waals surface area contributed by atoms with E-state index in [0.717, 1.165) is 12.8 Å². The zero-order valence-corrected chi connectivity index (χ0v) is 12.8. The number of hydrogen-bond acceptors (Lipinski definition) is 4. The summed E-state index contributed by atoms with van der Waals surface area (Å²) in [6.07, 6.45) is 1.82. The summed E-state index contributed by atoms with van der Waals surface area (Å²) in [5, 5.41) is 11.8. The Bertz CT molecular complexity index is 628. The first kappa shape index (κ1) is 15.9. The van der Waals surface area contributed by atoms with E-state index in [1.54, 1.807) is 12.1 Å². The van der Waals surface area contributed by atoms with Gasteiger partial charge in [-0.05, 0) is 30.2 Å². The lowest BCUT2D eigenvalue weighted by molar-refractivity contribution is -0.115. The zero-order chi connectivity index (χ0) is 15.5. The minimum Gasteiger partial charge on any atom is -0.395 e. The van der Waals surface area contributed by atoms with Crippen molar-refractivity contribution >= 4 is 21.6 Å². The van der Waals surface area contributed by atoms with Gasteiger partial charge in [0.15, 0.2) is 0 Å². The van der Waals surface area contributed by atoms with Gasteiger partial charge >= 0.3 is 0 Å². The van der Waals surface area contributed by atoms with Gasteiger partial charge in [-0.2, -0.15) is 4.31 Å². The number of aliphatic hydroxyl groups is 1. The molecule has 0 saturated heterocycles. The van der Waals surface area contributed by atoms with E-state index in [-0.39, 0.29) is 30.4 Å². The van der Waals surface area contributed by atoms with Gasteiger partial charge in [0, 0.05) is 18.8 Å². The summed E-state index contributed by atoms with van der Waals surface area (Å²) in [6, 6.07) is 4.65. The molecular formula is C14H20N2O4S.